The number of benzene rings is 2. The molecule has 19 heavy (non-hydrogen) atoms. The third-order valence-corrected chi connectivity index (χ3v) is 5.76. The average Bonchev–Trinajstić information content (AvgIpc) is 2.49. The Morgan fingerprint density at radius 1 is 0.842 bits per heavy atom. The summed E-state index contributed by atoms with van der Waals surface area (Å²) in [6.07, 6.45) is 3.71. The van der Waals surface area contributed by atoms with Crippen LogP contribution in [-0.4, -0.2) is 0 Å². The van der Waals surface area contributed by atoms with Crippen LogP contribution in [0.5, 0.6) is 0 Å². The minimum absolute atomic E-state index is 0.317. The van der Waals surface area contributed by atoms with Gasteiger partial charge in [0.2, 0.25) is 0 Å². The van der Waals surface area contributed by atoms with E-state index < -0.39 is 0 Å². The Balaban J connectivity index is 2.34. The Morgan fingerprint density at radius 3 is 1.95 bits per heavy atom. The molecule has 2 atom stereocenters. The first kappa shape index (κ1) is 14.3. The molecule has 0 bridgehead atoms. The van der Waals surface area contributed by atoms with Crippen molar-refractivity contribution in [2.24, 2.45) is 0 Å². The van der Waals surface area contributed by atoms with E-state index in [0.29, 0.717) is 5.16 Å². The summed E-state index contributed by atoms with van der Waals surface area (Å²) >= 11 is 0. The maximum atomic E-state index is 2.33. The van der Waals surface area contributed by atoms with Gasteiger partial charge in [0.15, 0.2) is 0 Å². The van der Waals surface area contributed by atoms with E-state index in [1.165, 1.54) is 30.1 Å². The minimum Gasteiger partial charge on any atom is -0.0795 e. The smallest absolute Gasteiger partial charge is 0.0165 e. The second-order valence-electron chi connectivity index (χ2n) is 5.04. The van der Waals surface area contributed by atoms with Gasteiger partial charge in [-0.05, 0) is 23.7 Å². The largest absolute Gasteiger partial charge is 0.0795 e. The molecule has 0 saturated heterocycles. The van der Waals surface area contributed by atoms with Crippen molar-refractivity contribution in [2.75, 3.05) is 0 Å². The van der Waals surface area contributed by atoms with Crippen molar-refractivity contribution in [1.82, 2.24) is 0 Å². The summed E-state index contributed by atoms with van der Waals surface area (Å²) in [7, 11) is 0.850. The molecule has 0 amide bonds. The van der Waals surface area contributed by atoms with Gasteiger partial charge in [0.1, 0.15) is 0 Å². The molecule has 2 aromatic carbocycles. The summed E-state index contributed by atoms with van der Waals surface area (Å²) in [6, 6.07) is 22.0. The van der Waals surface area contributed by atoms with Crippen LogP contribution < -0.4 is 5.30 Å². The van der Waals surface area contributed by atoms with Crippen molar-refractivity contribution in [3.8, 4) is 0 Å². The van der Waals surface area contributed by atoms with E-state index in [1.54, 1.807) is 0 Å². The van der Waals surface area contributed by atoms with E-state index in [1.807, 2.05) is 0 Å². The van der Waals surface area contributed by atoms with Gasteiger partial charge in [0.05, 0.1) is 0 Å². The van der Waals surface area contributed by atoms with Gasteiger partial charge in [0.25, 0.3) is 0 Å². The fourth-order valence-corrected chi connectivity index (χ4v) is 4.50. The third-order valence-electron chi connectivity index (χ3n) is 3.76. The van der Waals surface area contributed by atoms with Crippen LogP contribution in [0.4, 0.5) is 0 Å². The van der Waals surface area contributed by atoms with Crippen molar-refractivity contribution in [2.45, 2.75) is 38.3 Å². The maximum Gasteiger partial charge on any atom is 0.0165 e. The van der Waals surface area contributed by atoms with Crippen LogP contribution in [0.2, 0.25) is 0 Å². The number of rotatable bonds is 6. The first-order valence-electron chi connectivity index (χ1n) is 7.19. The molecule has 0 fully saturated rings. The summed E-state index contributed by atoms with van der Waals surface area (Å²) in [5.74, 6) is 0. The lowest BCUT2D eigenvalue weighted by molar-refractivity contribution is 0.537. The molecule has 0 radical (unpaired) electrons. The standard InChI is InChI=1S/C18H23P/c1-3-15-18(4-2,16-11-7-5-8-12-16)19-17-13-9-6-10-14-17/h5-14,19H,3-4,15H2,1-2H3. The Bertz CT molecular complexity index is 478. The molecule has 100 valence electrons. The fourth-order valence-electron chi connectivity index (χ4n) is 2.73. The van der Waals surface area contributed by atoms with Crippen molar-refractivity contribution in [3.05, 3.63) is 66.2 Å². The van der Waals surface area contributed by atoms with E-state index >= 15 is 0 Å². The Morgan fingerprint density at radius 2 is 1.42 bits per heavy atom. The molecule has 0 heterocycles. The summed E-state index contributed by atoms with van der Waals surface area (Å²) < 4.78 is 0. The van der Waals surface area contributed by atoms with Gasteiger partial charge in [-0.2, -0.15) is 0 Å². The van der Waals surface area contributed by atoms with Crippen LogP contribution >= 0.6 is 8.58 Å². The Kier molecular flexibility index (Phi) is 5.16. The molecule has 0 spiro atoms. The third kappa shape index (κ3) is 3.45. The monoisotopic (exact) mass is 270 g/mol. The fraction of sp³-hybridized carbons (Fsp3) is 0.333. The summed E-state index contributed by atoms with van der Waals surface area (Å²) in [4.78, 5) is 0. The molecule has 0 N–H and O–H groups in total. The van der Waals surface area contributed by atoms with Gasteiger partial charge in [0, 0.05) is 5.16 Å². The van der Waals surface area contributed by atoms with Crippen molar-refractivity contribution in [3.63, 3.8) is 0 Å². The summed E-state index contributed by atoms with van der Waals surface area (Å²) in [6.45, 7) is 4.63. The summed E-state index contributed by atoms with van der Waals surface area (Å²) in [5.41, 5.74) is 1.50. The summed E-state index contributed by atoms with van der Waals surface area (Å²) in [5, 5.41) is 1.79. The Labute approximate surface area is 119 Å². The number of hydrogen-bond donors (Lipinski definition) is 0. The highest BCUT2D eigenvalue weighted by atomic mass is 31.1. The lowest BCUT2D eigenvalue weighted by Gasteiger charge is -2.33. The second-order valence-corrected chi connectivity index (χ2v) is 6.83. The SMILES string of the molecule is CCCC(CC)(Pc1ccccc1)c1ccccc1. The van der Waals surface area contributed by atoms with Crippen LogP contribution in [0.15, 0.2) is 60.7 Å². The van der Waals surface area contributed by atoms with Crippen molar-refractivity contribution < 1.29 is 0 Å². The second kappa shape index (κ2) is 6.87. The van der Waals surface area contributed by atoms with E-state index in [4.69, 9.17) is 0 Å². The normalized spacial score (nSPS) is 14.6. The van der Waals surface area contributed by atoms with Crippen molar-refractivity contribution >= 4 is 13.9 Å². The molecular formula is C18H23P. The average molecular weight is 270 g/mol. The van der Waals surface area contributed by atoms with Gasteiger partial charge < -0.3 is 0 Å². The predicted molar refractivity (Wildman–Crippen MR) is 87.7 cm³/mol. The molecule has 0 aliphatic carbocycles. The maximum absolute atomic E-state index is 2.33. The minimum atomic E-state index is 0.317. The van der Waals surface area contributed by atoms with E-state index in [0.717, 1.165) is 8.58 Å². The predicted octanol–water partition coefficient (Wildman–Crippen LogP) is 5.10. The molecule has 2 rings (SSSR count). The van der Waals surface area contributed by atoms with Crippen LogP contribution in [0.3, 0.4) is 0 Å². The molecule has 0 aliphatic rings. The van der Waals surface area contributed by atoms with Crippen molar-refractivity contribution in [1.29, 1.82) is 0 Å². The van der Waals surface area contributed by atoms with Gasteiger partial charge in [-0.15, -0.1) is 0 Å². The molecular weight excluding hydrogens is 247 g/mol. The lowest BCUT2D eigenvalue weighted by Crippen LogP contribution is -2.22. The van der Waals surface area contributed by atoms with Crippen LogP contribution in [0.1, 0.15) is 38.7 Å². The zero-order valence-corrected chi connectivity index (χ0v) is 12.9. The first-order chi connectivity index (χ1) is 9.30. The quantitative estimate of drug-likeness (QED) is 0.641. The zero-order valence-electron chi connectivity index (χ0n) is 11.9. The molecule has 1 heteroatoms. The highest BCUT2D eigenvalue weighted by molar-refractivity contribution is 7.48. The highest BCUT2D eigenvalue weighted by Crippen LogP contribution is 2.47. The molecule has 0 saturated carbocycles. The van der Waals surface area contributed by atoms with Gasteiger partial charge >= 0.3 is 0 Å². The lowest BCUT2D eigenvalue weighted by atomic mass is 9.91. The zero-order chi connectivity index (χ0) is 13.6. The van der Waals surface area contributed by atoms with Gasteiger partial charge in [-0.25, -0.2) is 0 Å². The van der Waals surface area contributed by atoms with Crippen LogP contribution in [0, 0.1) is 0 Å². The molecule has 2 aromatic rings. The van der Waals surface area contributed by atoms with Gasteiger partial charge in [-0.1, -0.05) is 89.5 Å². The molecule has 2 unspecified atom stereocenters. The molecule has 0 aromatic heterocycles. The van der Waals surface area contributed by atoms with Crippen LogP contribution in [-0.2, 0) is 5.16 Å². The molecule has 0 aliphatic heterocycles. The highest BCUT2D eigenvalue weighted by Gasteiger charge is 2.29. The number of hydrogen-bond acceptors (Lipinski definition) is 0. The topological polar surface area (TPSA) is 0 Å². The van der Waals surface area contributed by atoms with E-state index in [9.17, 15) is 0 Å². The first-order valence-corrected chi connectivity index (χ1v) is 8.19. The Hall–Kier alpha value is -1.13. The molecule has 0 nitrogen and oxygen atoms in total. The van der Waals surface area contributed by atoms with E-state index in [2.05, 4.69) is 74.5 Å². The van der Waals surface area contributed by atoms with E-state index in [-0.39, 0.29) is 0 Å². The van der Waals surface area contributed by atoms with Crippen LogP contribution in [0.25, 0.3) is 0 Å². The van der Waals surface area contributed by atoms with Gasteiger partial charge in [-0.3, -0.25) is 0 Å².